The minimum Gasteiger partial charge on any atom is -0.363 e. The van der Waals surface area contributed by atoms with Gasteiger partial charge >= 0.3 is 0 Å². The summed E-state index contributed by atoms with van der Waals surface area (Å²) < 4.78 is 0. The Balaban J connectivity index is 1.83. The molecule has 6 nitrogen and oxygen atoms in total. The van der Waals surface area contributed by atoms with Crippen LogP contribution in [-0.2, 0) is 6.54 Å². The molecule has 1 amide bonds. The molecule has 6 heteroatoms. The third-order valence-corrected chi connectivity index (χ3v) is 4.36. The zero-order chi connectivity index (χ0) is 18.6. The van der Waals surface area contributed by atoms with E-state index in [4.69, 9.17) is 0 Å². The lowest BCUT2D eigenvalue weighted by Gasteiger charge is -2.12. The number of pyridine rings is 1. The van der Waals surface area contributed by atoms with Crippen molar-refractivity contribution in [2.24, 2.45) is 0 Å². The smallest absolute Gasteiger partial charge is 0.254 e. The number of amides is 1. The highest BCUT2D eigenvalue weighted by atomic mass is 16.1. The van der Waals surface area contributed by atoms with Crippen molar-refractivity contribution in [2.75, 3.05) is 5.32 Å². The van der Waals surface area contributed by atoms with Crippen molar-refractivity contribution < 1.29 is 4.79 Å². The lowest BCUT2D eigenvalue weighted by atomic mass is 9.99. The first kappa shape index (κ1) is 16.8. The Hall–Kier alpha value is -3.67. The van der Waals surface area contributed by atoms with Gasteiger partial charge in [-0.2, -0.15) is 0 Å². The van der Waals surface area contributed by atoms with Gasteiger partial charge in [0.15, 0.2) is 0 Å². The molecule has 0 aliphatic carbocycles. The van der Waals surface area contributed by atoms with E-state index in [1.165, 1.54) is 0 Å². The highest BCUT2D eigenvalue weighted by Gasteiger charge is 2.26. The third kappa shape index (κ3) is 3.50. The fourth-order valence-electron chi connectivity index (χ4n) is 3.05. The van der Waals surface area contributed by atoms with Gasteiger partial charge in [-0.05, 0) is 42.8 Å². The second-order valence-electron chi connectivity index (χ2n) is 6.22. The fraction of sp³-hybridized carbons (Fsp3) is 0.0952. The minimum absolute atomic E-state index is 0.0955. The third-order valence-electron chi connectivity index (χ3n) is 4.36. The molecule has 4 rings (SSSR count). The Bertz CT molecular complexity index is 1040. The van der Waals surface area contributed by atoms with Crippen molar-refractivity contribution in [2.45, 2.75) is 13.5 Å². The van der Waals surface area contributed by atoms with Gasteiger partial charge in [0, 0.05) is 36.4 Å². The fourth-order valence-corrected chi connectivity index (χ4v) is 3.05. The summed E-state index contributed by atoms with van der Waals surface area (Å²) in [4.78, 5) is 24.5. The van der Waals surface area contributed by atoms with E-state index in [-0.39, 0.29) is 5.91 Å². The normalized spacial score (nSPS) is 12.1. The van der Waals surface area contributed by atoms with Crippen LogP contribution >= 0.6 is 0 Å². The summed E-state index contributed by atoms with van der Waals surface area (Å²) >= 11 is 0. The molecule has 3 aromatic rings. The highest BCUT2D eigenvalue weighted by Crippen LogP contribution is 2.33. The maximum Gasteiger partial charge on any atom is 0.254 e. The second-order valence-corrected chi connectivity index (χ2v) is 6.22. The van der Waals surface area contributed by atoms with Crippen LogP contribution in [0.2, 0.25) is 0 Å². The van der Waals surface area contributed by atoms with Crippen LogP contribution in [0.15, 0.2) is 67.1 Å². The molecule has 0 spiro atoms. The summed E-state index contributed by atoms with van der Waals surface area (Å²) in [7, 11) is 0. The number of aromatic amines is 1. The standard InChI is InChI=1S/C21H19N5O/c1-14-6-2-4-10-22-18(13-24-14)15-8-9-17(20-16(15)12-25-21(20)27)26-19-7-3-5-11-23-19/h2-11,13,24H,12H2,1H3,(H,23,26)(H,25,27). The summed E-state index contributed by atoms with van der Waals surface area (Å²) in [5.41, 5.74) is 4.99. The van der Waals surface area contributed by atoms with E-state index in [9.17, 15) is 4.79 Å². The largest absolute Gasteiger partial charge is 0.363 e. The van der Waals surface area contributed by atoms with Crippen LogP contribution in [0.3, 0.4) is 0 Å². The van der Waals surface area contributed by atoms with Crippen molar-refractivity contribution in [1.82, 2.24) is 20.3 Å². The van der Waals surface area contributed by atoms with E-state index < -0.39 is 0 Å². The number of benzene rings is 1. The average Bonchev–Trinajstić information content (AvgIpc) is 3.11. The van der Waals surface area contributed by atoms with E-state index in [2.05, 4.69) is 25.6 Å². The molecule has 134 valence electrons. The number of H-pyrrole nitrogens is 1. The number of hydrogen-bond acceptors (Lipinski definition) is 4. The second kappa shape index (κ2) is 7.29. The molecule has 27 heavy (non-hydrogen) atoms. The molecule has 3 heterocycles. The van der Waals surface area contributed by atoms with Gasteiger partial charge in [-0.3, -0.25) is 9.78 Å². The first-order chi connectivity index (χ1) is 13.2. The Labute approximate surface area is 157 Å². The topological polar surface area (TPSA) is 82.7 Å². The zero-order valence-corrected chi connectivity index (χ0v) is 14.9. The van der Waals surface area contributed by atoms with Crippen LogP contribution in [0.4, 0.5) is 11.5 Å². The molecule has 0 radical (unpaired) electrons. The lowest BCUT2D eigenvalue weighted by Crippen LogP contribution is -2.13. The number of aryl methyl sites for hydroxylation is 1. The Kier molecular flexibility index (Phi) is 4.53. The molecular weight excluding hydrogens is 338 g/mol. The van der Waals surface area contributed by atoms with Gasteiger partial charge < -0.3 is 15.6 Å². The molecular formula is C21H19N5O. The number of carbonyl (C=O) groups is 1. The van der Waals surface area contributed by atoms with Crippen LogP contribution in [0.1, 0.15) is 21.6 Å². The molecule has 1 aliphatic rings. The average molecular weight is 357 g/mol. The maximum absolute atomic E-state index is 12.5. The molecule has 1 aliphatic heterocycles. The van der Waals surface area contributed by atoms with E-state index in [1.807, 2.05) is 61.7 Å². The molecule has 2 aromatic heterocycles. The van der Waals surface area contributed by atoms with Gasteiger partial charge in [-0.1, -0.05) is 18.2 Å². The van der Waals surface area contributed by atoms with Gasteiger partial charge in [0.2, 0.25) is 0 Å². The van der Waals surface area contributed by atoms with Crippen LogP contribution in [0, 0.1) is 6.92 Å². The van der Waals surface area contributed by atoms with Crippen molar-refractivity contribution >= 4 is 17.4 Å². The molecule has 1 aromatic carbocycles. The summed E-state index contributed by atoms with van der Waals surface area (Å²) in [5.74, 6) is 0.598. The van der Waals surface area contributed by atoms with E-state index in [0.717, 1.165) is 28.2 Å². The summed E-state index contributed by atoms with van der Waals surface area (Å²) in [6, 6.07) is 15.3. The lowest BCUT2D eigenvalue weighted by molar-refractivity contribution is 0.0966. The molecule has 0 atom stereocenters. The first-order valence-electron chi connectivity index (χ1n) is 8.69. The molecule has 0 saturated heterocycles. The van der Waals surface area contributed by atoms with Gasteiger partial charge in [-0.25, -0.2) is 4.98 Å². The van der Waals surface area contributed by atoms with Crippen molar-refractivity contribution in [3.8, 4) is 11.3 Å². The van der Waals surface area contributed by atoms with Gasteiger partial charge in [0.05, 0.1) is 16.9 Å². The molecule has 0 bridgehead atoms. The predicted octanol–water partition coefficient (Wildman–Crippen LogP) is 3.89. The van der Waals surface area contributed by atoms with Crippen LogP contribution in [-0.4, -0.2) is 20.9 Å². The zero-order valence-electron chi connectivity index (χ0n) is 14.9. The SMILES string of the molecule is Cc1ccccnc(-c2ccc(Nc3ccccn3)c3c2CNC3=O)c[nH]1. The molecule has 0 saturated carbocycles. The van der Waals surface area contributed by atoms with Gasteiger partial charge in [-0.15, -0.1) is 0 Å². The van der Waals surface area contributed by atoms with E-state index in [0.29, 0.717) is 17.9 Å². The minimum atomic E-state index is -0.0955. The van der Waals surface area contributed by atoms with Gasteiger partial charge in [0.25, 0.3) is 5.91 Å². The number of fused-ring (bicyclic) bond motifs is 1. The monoisotopic (exact) mass is 357 g/mol. The predicted molar refractivity (Wildman–Crippen MR) is 105 cm³/mol. The number of anilines is 2. The van der Waals surface area contributed by atoms with E-state index >= 15 is 0 Å². The maximum atomic E-state index is 12.5. The summed E-state index contributed by atoms with van der Waals surface area (Å²) in [6.45, 7) is 2.46. The molecule has 3 N–H and O–H groups in total. The summed E-state index contributed by atoms with van der Waals surface area (Å²) in [5, 5.41) is 6.15. The highest BCUT2D eigenvalue weighted by molar-refractivity contribution is 6.05. The van der Waals surface area contributed by atoms with Crippen molar-refractivity contribution in [1.29, 1.82) is 0 Å². The number of nitrogens with one attached hydrogen (secondary N) is 3. The van der Waals surface area contributed by atoms with Crippen LogP contribution in [0.5, 0.6) is 0 Å². The number of carbonyl (C=O) groups excluding carboxylic acids is 1. The Morgan fingerprint density at radius 3 is 2.63 bits per heavy atom. The number of hydrogen-bond donors (Lipinski definition) is 3. The first-order valence-corrected chi connectivity index (χ1v) is 8.69. The van der Waals surface area contributed by atoms with Gasteiger partial charge in [0.1, 0.15) is 5.82 Å². The summed E-state index contributed by atoms with van der Waals surface area (Å²) in [6.07, 6.45) is 5.32. The molecule has 0 fully saturated rings. The molecule has 0 unspecified atom stereocenters. The Morgan fingerprint density at radius 2 is 1.81 bits per heavy atom. The number of nitrogens with zero attached hydrogens (tertiary/aromatic N) is 2. The van der Waals surface area contributed by atoms with E-state index in [1.54, 1.807) is 12.4 Å². The number of rotatable bonds is 3. The number of aromatic nitrogens is 3. The quantitative estimate of drug-likeness (QED) is 0.664. The Morgan fingerprint density at radius 1 is 1.00 bits per heavy atom. The van der Waals surface area contributed by atoms with Crippen molar-refractivity contribution in [3.05, 3.63) is 83.9 Å². The van der Waals surface area contributed by atoms with Crippen LogP contribution < -0.4 is 10.6 Å². The van der Waals surface area contributed by atoms with Crippen molar-refractivity contribution in [3.63, 3.8) is 0 Å². The van der Waals surface area contributed by atoms with Crippen LogP contribution in [0.25, 0.3) is 11.3 Å².